The predicted molar refractivity (Wildman–Crippen MR) is 83.0 cm³/mol. The van der Waals surface area contributed by atoms with Gasteiger partial charge in [0.1, 0.15) is 5.75 Å². The molecule has 1 aliphatic rings. The number of pyridine rings is 1. The number of nitrogens with zero attached hydrogens (tertiary/aromatic N) is 1. The van der Waals surface area contributed by atoms with Crippen LogP contribution in [0.2, 0.25) is 0 Å². The maximum absolute atomic E-state index is 5.54. The molecular formula is C17H28N2O. The molecule has 1 aromatic heterocycles. The van der Waals surface area contributed by atoms with Gasteiger partial charge in [-0.3, -0.25) is 4.98 Å². The second-order valence-electron chi connectivity index (χ2n) is 6.19. The van der Waals surface area contributed by atoms with Crippen LogP contribution in [0.1, 0.15) is 64.1 Å². The molecule has 1 aromatic rings. The molecule has 2 rings (SSSR count). The third kappa shape index (κ3) is 3.32. The molecule has 1 aliphatic carbocycles. The Kier molecular flexibility index (Phi) is 5.41. The summed E-state index contributed by atoms with van der Waals surface area (Å²) in [5.74, 6) is 0.910. The summed E-state index contributed by atoms with van der Waals surface area (Å²) in [6, 6.07) is 4.26. The minimum absolute atomic E-state index is 0.287. The summed E-state index contributed by atoms with van der Waals surface area (Å²) in [7, 11) is 1.74. The zero-order valence-corrected chi connectivity index (χ0v) is 13.1. The molecule has 1 unspecified atom stereocenters. The molecule has 0 aliphatic heterocycles. The summed E-state index contributed by atoms with van der Waals surface area (Å²) in [5, 5.41) is 3.73. The third-order valence-corrected chi connectivity index (χ3v) is 4.58. The van der Waals surface area contributed by atoms with Crippen molar-refractivity contribution >= 4 is 0 Å². The van der Waals surface area contributed by atoms with Crippen molar-refractivity contribution in [3.05, 3.63) is 24.0 Å². The SMILES string of the molecule is CCCNC(c1ncccc1OC)C1(C)CCCCC1. The van der Waals surface area contributed by atoms with Crippen LogP contribution in [0.25, 0.3) is 0 Å². The molecule has 1 N–H and O–H groups in total. The molecule has 0 radical (unpaired) electrons. The zero-order chi connectivity index (χ0) is 14.4. The highest BCUT2D eigenvalue weighted by atomic mass is 16.5. The van der Waals surface area contributed by atoms with Gasteiger partial charge in [-0.2, -0.15) is 0 Å². The number of nitrogens with one attached hydrogen (secondary N) is 1. The van der Waals surface area contributed by atoms with E-state index in [1.165, 1.54) is 32.1 Å². The predicted octanol–water partition coefficient (Wildman–Crippen LogP) is 4.10. The van der Waals surface area contributed by atoms with E-state index in [1.807, 2.05) is 18.3 Å². The maximum Gasteiger partial charge on any atom is 0.142 e. The molecular weight excluding hydrogens is 248 g/mol. The summed E-state index contributed by atoms with van der Waals surface area (Å²) < 4.78 is 5.54. The molecule has 3 nitrogen and oxygen atoms in total. The molecule has 0 bridgehead atoms. The molecule has 0 saturated heterocycles. The van der Waals surface area contributed by atoms with E-state index in [2.05, 4.69) is 24.1 Å². The van der Waals surface area contributed by atoms with Crippen LogP contribution in [-0.2, 0) is 0 Å². The quantitative estimate of drug-likeness (QED) is 0.849. The molecule has 1 fully saturated rings. The molecule has 1 heterocycles. The minimum atomic E-state index is 0.287. The molecule has 0 spiro atoms. The van der Waals surface area contributed by atoms with Crippen molar-refractivity contribution < 1.29 is 4.74 Å². The van der Waals surface area contributed by atoms with Crippen LogP contribution in [0.15, 0.2) is 18.3 Å². The van der Waals surface area contributed by atoms with Crippen molar-refractivity contribution in [3.8, 4) is 5.75 Å². The molecule has 1 saturated carbocycles. The summed E-state index contributed by atoms with van der Waals surface area (Å²) in [6.07, 6.45) is 9.59. The van der Waals surface area contributed by atoms with E-state index in [0.717, 1.165) is 24.4 Å². The fraction of sp³-hybridized carbons (Fsp3) is 0.706. The fourth-order valence-electron chi connectivity index (χ4n) is 3.40. The van der Waals surface area contributed by atoms with Gasteiger partial charge in [0.05, 0.1) is 18.8 Å². The van der Waals surface area contributed by atoms with Crippen LogP contribution in [0, 0.1) is 5.41 Å². The highest BCUT2D eigenvalue weighted by Crippen LogP contribution is 2.46. The van der Waals surface area contributed by atoms with E-state index in [4.69, 9.17) is 4.74 Å². The van der Waals surface area contributed by atoms with Crippen LogP contribution < -0.4 is 10.1 Å². The summed E-state index contributed by atoms with van der Waals surface area (Å²) in [4.78, 5) is 4.64. The maximum atomic E-state index is 5.54. The molecule has 3 heteroatoms. The number of hydrogen-bond acceptors (Lipinski definition) is 3. The molecule has 0 amide bonds. The first-order chi connectivity index (χ1) is 9.71. The first-order valence-corrected chi connectivity index (χ1v) is 7.93. The van der Waals surface area contributed by atoms with Gasteiger partial charge in [0.2, 0.25) is 0 Å². The van der Waals surface area contributed by atoms with E-state index in [9.17, 15) is 0 Å². The van der Waals surface area contributed by atoms with Gasteiger partial charge < -0.3 is 10.1 Å². The van der Waals surface area contributed by atoms with Crippen molar-refractivity contribution in [3.63, 3.8) is 0 Å². The monoisotopic (exact) mass is 276 g/mol. The Balaban J connectivity index is 2.30. The topological polar surface area (TPSA) is 34.2 Å². The van der Waals surface area contributed by atoms with Crippen LogP contribution in [0.4, 0.5) is 0 Å². The van der Waals surface area contributed by atoms with Gasteiger partial charge in [-0.25, -0.2) is 0 Å². The normalized spacial score (nSPS) is 19.6. The average molecular weight is 276 g/mol. The molecule has 0 aromatic carbocycles. The average Bonchev–Trinajstić information content (AvgIpc) is 2.48. The van der Waals surface area contributed by atoms with E-state index in [0.29, 0.717) is 6.04 Å². The highest BCUT2D eigenvalue weighted by Gasteiger charge is 2.38. The second kappa shape index (κ2) is 7.07. The fourth-order valence-corrected chi connectivity index (χ4v) is 3.40. The second-order valence-corrected chi connectivity index (χ2v) is 6.19. The Labute approximate surface area is 123 Å². The Morgan fingerprint density at radius 1 is 1.35 bits per heavy atom. The van der Waals surface area contributed by atoms with Gasteiger partial charge in [-0.1, -0.05) is 33.1 Å². The molecule has 1 atom stereocenters. The van der Waals surface area contributed by atoms with Gasteiger partial charge >= 0.3 is 0 Å². The van der Waals surface area contributed by atoms with Crippen molar-refractivity contribution in [1.29, 1.82) is 0 Å². The number of aromatic nitrogens is 1. The Bertz CT molecular complexity index is 413. The van der Waals surface area contributed by atoms with Crippen LogP contribution in [0.5, 0.6) is 5.75 Å². The zero-order valence-electron chi connectivity index (χ0n) is 13.1. The van der Waals surface area contributed by atoms with E-state index >= 15 is 0 Å². The summed E-state index contributed by atoms with van der Waals surface area (Å²) >= 11 is 0. The van der Waals surface area contributed by atoms with Gasteiger partial charge in [-0.05, 0) is 43.4 Å². The standard InChI is InChI=1S/C17H28N2O/c1-4-12-19-16(17(2)10-6-5-7-11-17)15-14(20-3)9-8-13-18-15/h8-9,13,16,19H,4-7,10-12H2,1-3H3. The van der Waals surface area contributed by atoms with Gasteiger partial charge in [0.25, 0.3) is 0 Å². The van der Waals surface area contributed by atoms with E-state index < -0.39 is 0 Å². The van der Waals surface area contributed by atoms with Gasteiger partial charge in [0, 0.05) is 6.20 Å². The van der Waals surface area contributed by atoms with Crippen molar-refractivity contribution in [1.82, 2.24) is 10.3 Å². The first kappa shape index (κ1) is 15.3. The van der Waals surface area contributed by atoms with Crippen molar-refractivity contribution in [2.24, 2.45) is 5.41 Å². The lowest BCUT2D eigenvalue weighted by Crippen LogP contribution is -2.38. The Hall–Kier alpha value is -1.09. The lowest BCUT2D eigenvalue weighted by atomic mass is 9.69. The highest BCUT2D eigenvalue weighted by molar-refractivity contribution is 5.31. The minimum Gasteiger partial charge on any atom is -0.495 e. The third-order valence-electron chi connectivity index (χ3n) is 4.58. The van der Waals surface area contributed by atoms with Crippen molar-refractivity contribution in [2.45, 2.75) is 58.4 Å². The number of hydrogen-bond donors (Lipinski definition) is 1. The van der Waals surface area contributed by atoms with Crippen LogP contribution >= 0.6 is 0 Å². The van der Waals surface area contributed by atoms with Crippen molar-refractivity contribution in [2.75, 3.05) is 13.7 Å². The first-order valence-electron chi connectivity index (χ1n) is 7.93. The van der Waals surface area contributed by atoms with E-state index in [-0.39, 0.29) is 5.41 Å². The Morgan fingerprint density at radius 2 is 2.10 bits per heavy atom. The smallest absolute Gasteiger partial charge is 0.142 e. The number of rotatable bonds is 6. The van der Waals surface area contributed by atoms with Gasteiger partial charge in [0.15, 0.2) is 0 Å². The summed E-state index contributed by atoms with van der Waals surface area (Å²) in [5.41, 5.74) is 1.36. The molecule has 112 valence electrons. The largest absolute Gasteiger partial charge is 0.495 e. The summed E-state index contributed by atoms with van der Waals surface area (Å²) in [6.45, 7) is 5.65. The molecule has 20 heavy (non-hydrogen) atoms. The number of methoxy groups -OCH3 is 1. The van der Waals surface area contributed by atoms with Gasteiger partial charge in [-0.15, -0.1) is 0 Å². The van der Waals surface area contributed by atoms with Crippen LogP contribution in [0.3, 0.4) is 0 Å². The lowest BCUT2D eigenvalue weighted by Gasteiger charge is -2.41. The Morgan fingerprint density at radius 3 is 2.75 bits per heavy atom. The number of ether oxygens (including phenoxy) is 1. The van der Waals surface area contributed by atoms with Crippen LogP contribution in [-0.4, -0.2) is 18.6 Å². The lowest BCUT2D eigenvalue weighted by molar-refractivity contribution is 0.139. The van der Waals surface area contributed by atoms with E-state index in [1.54, 1.807) is 7.11 Å².